The van der Waals surface area contributed by atoms with E-state index >= 15 is 0 Å². The van der Waals surface area contributed by atoms with Crippen LogP contribution < -0.4 is 0 Å². The summed E-state index contributed by atoms with van der Waals surface area (Å²) in [7, 11) is 0. The summed E-state index contributed by atoms with van der Waals surface area (Å²) in [6.45, 7) is 8.05. The molecule has 86 valence electrons. The highest BCUT2D eigenvalue weighted by Gasteiger charge is 2.00. The zero-order valence-corrected chi connectivity index (χ0v) is 9.90. The van der Waals surface area contributed by atoms with Crippen LogP contribution in [0.1, 0.15) is 25.0 Å². The van der Waals surface area contributed by atoms with Gasteiger partial charge >= 0.3 is 5.97 Å². The lowest BCUT2D eigenvalue weighted by atomic mass is 10.0. The van der Waals surface area contributed by atoms with E-state index in [1.54, 1.807) is 0 Å². The maximum Gasteiger partial charge on any atom is 0.330 e. The molecular formula is C14H18O2. The quantitative estimate of drug-likeness (QED) is 0.560. The topological polar surface area (TPSA) is 26.3 Å². The highest BCUT2D eigenvalue weighted by molar-refractivity contribution is 5.81. The van der Waals surface area contributed by atoms with Crippen molar-refractivity contribution in [1.29, 1.82) is 0 Å². The summed E-state index contributed by atoms with van der Waals surface area (Å²) >= 11 is 0. The van der Waals surface area contributed by atoms with Gasteiger partial charge in [-0.2, -0.15) is 0 Å². The number of carbonyl (C=O) groups excluding carboxylic acids is 1. The van der Waals surface area contributed by atoms with E-state index in [2.05, 4.69) is 32.6 Å². The van der Waals surface area contributed by atoms with Crippen LogP contribution in [-0.2, 0) is 22.6 Å². The Bertz CT molecular complexity index is 350. The second-order valence-corrected chi connectivity index (χ2v) is 4.23. The Kier molecular flexibility index (Phi) is 4.77. The molecule has 0 saturated heterocycles. The van der Waals surface area contributed by atoms with Crippen molar-refractivity contribution in [2.24, 2.45) is 5.92 Å². The van der Waals surface area contributed by atoms with Gasteiger partial charge < -0.3 is 4.74 Å². The summed E-state index contributed by atoms with van der Waals surface area (Å²) in [5.74, 6) is 0.274. The third-order valence-corrected chi connectivity index (χ3v) is 2.21. The van der Waals surface area contributed by atoms with Gasteiger partial charge in [-0.15, -0.1) is 0 Å². The van der Waals surface area contributed by atoms with Gasteiger partial charge in [0.2, 0.25) is 0 Å². The fourth-order valence-electron chi connectivity index (χ4n) is 1.46. The van der Waals surface area contributed by atoms with Crippen LogP contribution in [0.4, 0.5) is 0 Å². The van der Waals surface area contributed by atoms with Crippen molar-refractivity contribution in [1.82, 2.24) is 0 Å². The Hall–Kier alpha value is -1.57. The summed E-state index contributed by atoms with van der Waals surface area (Å²) in [5.41, 5.74) is 2.32. The Morgan fingerprint density at radius 1 is 1.31 bits per heavy atom. The molecule has 0 aliphatic carbocycles. The largest absolute Gasteiger partial charge is 0.458 e. The first kappa shape index (κ1) is 12.5. The monoisotopic (exact) mass is 218 g/mol. The molecule has 16 heavy (non-hydrogen) atoms. The molecule has 0 heterocycles. The third kappa shape index (κ3) is 4.30. The lowest BCUT2D eigenvalue weighted by molar-refractivity contribution is -0.138. The Labute approximate surface area is 96.9 Å². The van der Waals surface area contributed by atoms with Crippen LogP contribution in [0, 0.1) is 5.92 Å². The van der Waals surface area contributed by atoms with Crippen molar-refractivity contribution < 1.29 is 9.53 Å². The predicted molar refractivity (Wildman–Crippen MR) is 65.0 cm³/mol. The molecule has 1 rings (SSSR count). The van der Waals surface area contributed by atoms with E-state index in [1.807, 2.05) is 12.1 Å². The summed E-state index contributed by atoms with van der Waals surface area (Å²) in [6, 6.07) is 8.15. The summed E-state index contributed by atoms with van der Waals surface area (Å²) < 4.78 is 4.94. The van der Waals surface area contributed by atoms with E-state index in [-0.39, 0.29) is 5.97 Å². The fourth-order valence-corrected chi connectivity index (χ4v) is 1.46. The van der Waals surface area contributed by atoms with E-state index in [4.69, 9.17) is 4.74 Å². The van der Waals surface area contributed by atoms with E-state index in [0.717, 1.165) is 12.0 Å². The van der Waals surface area contributed by atoms with Gasteiger partial charge in [0.1, 0.15) is 6.61 Å². The molecule has 0 amide bonds. The molecule has 0 saturated carbocycles. The van der Waals surface area contributed by atoms with Crippen molar-refractivity contribution >= 4 is 5.97 Å². The molecule has 0 spiro atoms. The molecule has 0 aliphatic rings. The molecule has 0 aromatic heterocycles. The van der Waals surface area contributed by atoms with Crippen LogP contribution in [0.2, 0.25) is 0 Å². The minimum absolute atomic E-state index is 0.312. The number of hydrogen-bond acceptors (Lipinski definition) is 2. The average molecular weight is 218 g/mol. The maximum absolute atomic E-state index is 10.9. The molecule has 0 bridgehead atoms. The van der Waals surface area contributed by atoms with Gasteiger partial charge in [-0.05, 0) is 23.5 Å². The minimum atomic E-state index is -0.383. The lowest BCUT2D eigenvalue weighted by Crippen LogP contribution is -2.00. The first-order chi connectivity index (χ1) is 7.61. The van der Waals surface area contributed by atoms with Gasteiger partial charge in [-0.3, -0.25) is 0 Å². The van der Waals surface area contributed by atoms with Crippen molar-refractivity contribution in [3.8, 4) is 0 Å². The highest BCUT2D eigenvalue weighted by atomic mass is 16.5. The molecule has 2 nitrogen and oxygen atoms in total. The van der Waals surface area contributed by atoms with Gasteiger partial charge in [0.25, 0.3) is 0 Å². The standard InChI is InChI=1S/C14H18O2/c1-4-14(15)16-10-13-7-5-12(6-8-13)9-11(2)3/h4-8,11H,1,9-10H2,2-3H3. The molecular weight excluding hydrogens is 200 g/mol. The third-order valence-electron chi connectivity index (χ3n) is 2.21. The number of hydrogen-bond donors (Lipinski definition) is 0. The van der Waals surface area contributed by atoms with E-state index < -0.39 is 0 Å². The molecule has 0 radical (unpaired) electrons. The van der Waals surface area contributed by atoms with E-state index in [1.165, 1.54) is 11.6 Å². The molecule has 0 N–H and O–H groups in total. The molecule has 0 aliphatic heterocycles. The molecule has 1 aromatic rings. The molecule has 0 atom stereocenters. The van der Waals surface area contributed by atoms with Gasteiger partial charge in [0, 0.05) is 6.08 Å². The van der Waals surface area contributed by atoms with Crippen LogP contribution in [0.15, 0.2) is 36.9 Å². The smallest absolute Gasteiger partial charge is 0.330 e. The zero-order valence-electron chi connectivity index (χ0n) is 9.90. The molecule has 2 heteroatoms. The fraction of sp³-hybridized carbons (Fsp3) is 0.357. The predicted octanol–water partition coefficient (Wildman–Crippen LogP) is 3.11. The van der Waals surface area contributed by atoms with Gasteiger partial charge in [-0.25, -0.2) is 4.79 Å². The molecule has 0 fully saturated rings. The van der Waals surface area contributed by atoms with Crippen LogP contribution in [-0.4, -0.2) is 5.97 Å². The minimum Gasteiger partial charge on any atom is -0.458 e. The Morgan fingerprint density at radius 3 is 2.38 bits per heavy atom. The van der Waals surface area contributed by atoms with Crippen LogP contribution >= 0.6 is 0 Å². The number of ether oxygens (including phenoxy) is 1. The molecule has 1 aromatic carbocycles. The Balaban J connectivity index is 2.51. The highest BCUT2D eigenvalue weighted by Crippen LogP contribution is 2.10. The Morgan fingerprint density at radius 2 is 1.88 bits per heavy atom. The van der Waals surface area contributed by atoms with Crippen LogP contribution in [0.25, 0.3) is 0 Å². The number of esters is 1. The van der Waals surface area contributed by atoms with Gasteiger partial charge in [0.15, 0.2) is 0 Å². The number of carbonyl (C=O) groups is 1. The van der Waals surface area contributed by atoms with Gasteiger partial charge in [-0.1, -0.05) is 44.7 Å². The van der Waals surface area contributed by atoms with Gasteiger partial charge in [0.05, 0.1) is 0 Å². The lowest BCUT2D eigenvalue weighted by Gasteiger charge is -2.06. The summed E-state index contributed by atoms with van der Waals surface area (Å²) in [5, 5.41) is 0. The second-order valence-electron chi connectivity index (χ2n) is 4.23. The van der Waals surface area contributed by atoms with E-state index in [9.17, 15) is 4.79 Å². The zero-order chi connectivity index (χ0) is 12.0. The molecule has 0 unspecified atom stereocenters. The van der Waals surface area contributed by atoms with Crippen LogP contribution in [0.3, 0.4) is 0 Å². The van der Waals surface area contributed by atoms with Crippen molar-refractivity contribution in [3.05, 3.63) is 48.0 Å². The average Bonchev–Trinajstić information content (AvgIpc) is 2.27. The van der Waals surface area contributed by atoms with Crippen molar-refractivity contribution in [2.75, 3.05) is 0 Å². The van der Waals surface area contributed by atoms with E-state index in [0.29, 0.717) is 12.5 Å². The number of benzene rings is 1. The van der Waals surface area contributed by atoms with Crippen molar-refractivity contribution in [3.63, 3.8) is 0 Å². The normalized spacial score (nSPS) is 10.2. The maximum atomic E-state index is 10.9. The SMILES string of the molecule is C=CC(=O)OCc1ccc(CC(C)C)cc1. The summed E-state index contributed by atoms with van der Waals surface area (Å²) in [6.07, 6.45) is 2.25. The number of rotatable bonds is 5. The first-order valence-corrected chi connectivity index (χ1v) is 5.49. The second kappa shape index (κ2) is 6.11. The van der Waals surface area contributed by atoms with Crippen LogP contribution in [0.5, 0.6) is 0 Å². The first-order valence-electron chi connectivity index (χ1n) is 5.49. The summed E-state index contributed by atoms with van der Waals surface area (Å²) in [4.78, 5) is 10.9. The van der Waals surface area contributed by atoms with Crippen molar-refractivity contribution in [2.45, 2.75) is 26.9 Å².